The van der Waals surface area contributed by atoms with Crippen molar-refractivity contribution in [1.82, 2.24) is 0 Å². The maximum atomic E-state index is 12.0. The zero-order chi connectivity index (χ0) is 20.3. The van der Waals surface area contributed by atoms with E-state index in [-0.39, 0.29) is 11.1 Å². The Morgan fingerprint density at radius 1 is 0.643 bits per heavy atom. The molecule has 0 atom stereocenters. The predicted molar refractivity (Wildman–Crippen MR) is 112 cm³/mol. The Kier molecular flexibility index (Phi) is 5.31. The molecule has 0 aliphatic heterocycles. The molecule has 0 fully saturated rings. The first-order chi connectivity index (χ1) is 13.4. The van der Waals surface area contributed by atoms with Crippen LogP contribution < -0.4 is 21.3 Å². The molecule has 4 N–H and O–H groups in total. The van der Waals surface area contributed by atoms with Crippen molar-refractivity contribution in [2.45, 2.75) is 0 Å². The highest BCUT2D eigenvalue weighted by molar-refractivity contribution is 6.08. The fourth-order valence-corrected chi connectivity index (χ4v) is 3.10. The molecule has 0 bridgehead atoms. The Bertz CT molecular complexity index is 921. The van der Waals surface area contributed by atoms with Crippen LogP contribution in [0.2, 0.25) is 0 Å². The zero-order valence-corrected chi connectivity index (χ0v) is 15.8. The number of hydrogen-bond donors (Lipinski definition) is 2. The van der Waals surface area contributed by atoms with Crippen molar-refractivity contribution in [2.24, 2.45) is 11.5 Å². The van der Waals surface area contributed by atoms with Crippen LogP contribution >= 0.6 is 0 Å². The van der Waals surface area contributed by atoms with E-state index in [1.807, 2.05) is 84.6 Å². The third kappa shape index (κ3) is 3.66. The maximum Gasteiger partial charge on any atom is 0.249 e. The zero-order valence-electron chi connectivity index (χ0n) is 15.8. The molecular weight excluding hydrogens is 352 g/mol. The van der Waals surface area contributed by atoms with Gasteiger partial charge in [0.25, 0.3) is 0 Å². The van der Waals surface area contributed by atoms with Crippen molar-refractivity contribution < 1.29 is 9.59 Å². The molecule has 0 heterocycles. The van der Waals surface area contributed by atoms with Gasteiger partial charge in [0.15, 0.2) is 0 Å². The summed E-state index contributed by atoms with van der Waals surface area (Å²) in [5.74, 6) is -1.41. The number of nitrogens with zero attached hydrogens (tertiary/aromatic N) is 2. The fraction of sp³-hybridized carbons (Fsp3) is 0.0909. The second-order valence-corrected chi connectivity index (χ2v) is 6.40. The largest absolute Gasteiger partial charge is 0.366 e. The molecule has 3 rings (SSSR count). The summed E-state index contributed by atoms with van der Waals surface area (Å²) in [7, 11) is 3.78. The highest BCUT2D eigenvalue weighted by Gasteiger charge is 2.22. The summed E-state index contributed by atoms with van der Waals surface area (Å²) in [5, 5.41) is 0. The van der Waals surface area contributed by atoms with Crippen molar-refractivity contribution in [1.29, 1.82) is 0 Å². The van der Waals surface area contributed by atoms with Gasteiger partial charge in [-0.05, 0) is 36.4 Å². The molecule has 142 valence electrons. The van der Waals surface area contributed by atoms with Crippen molar-refractivity contribution in [3.8, 4) is 0 Å². The number of primary amides is 2. The second-order valence-electron chi connectivity index (χ2n) is 6.40. The van der Waals surface area contributed by atoms with Gasteiger partial charge in [-0.25, -0.2) is 0 Å². The average Bonchev–Trinajstić information content (AvgIpc) is 2.72. The van der Waals surface area contributed by atoms with Gasteiger partial charge in [-0.2, -0.15) is 0 Å². The number of para-hydroxylation sites is 2. The molecule has 0 radical (unpaired) electrons. The standard InChI is InChI=1S/C22H22N4O2/c1-25(15-9-5-3-6-10-15)19-13-17(21(23)27)18(22(24)28)14-20(19)26(2)16-11-7-4-8-12-16/h3-14H,1-2H3,(H2,23,27)(H2,24,28). The summed E-state index contributed by atoms with van der Waals surface area (Å²) in [6.07, 6.45) is 0. The summed E-state index contributed by atoms with van der Waals surface area (Å²) in [6, 6.07) is 22.6. The number of benzene rings is 3. The van der Waals surface area contributed by atoms with Crippen LogP contribution in [-0.2, 0) is 0 Å². The molecule has 6 heteroatoms. The summed E-state index contributed by atoms with van der Waals surface area (Å²) in [5.41, 5.74) is 14.5. The van der Waals surface area contributed by atoms with Gasteiger partial charge < -0.3 is 21.3 Å². The van der Waals surface area contributed by atoms with E-state index >= 15 is 0 Å². The van der Waals surface area contributed by atoms with Gasteiger partial charge in [0, 0.05) is 25.5 Å². The monoisotopic (exact) mass is 374 g/mol. The average molecular weight is 374 g/mol. The number of hydrogen-bond acceptors (Lipinski definition) is 4. The number of rotatable bonds is 6. The lowest BCUT2D eigenvalue weighted by atomic mass is 10.0. The minimum atomic E-state index is -0.703. The Morgan fingerprint density at radius 3 is 1.25 bits per heavy atom. The van der Waals surface area contributed by atoms with Gasteiger partial charge in [0.2, 0.25) is 11.8 Å². The molecule has 3 aromatic rings. The van der Waals surface area contributed by atoms with Gasteiger partial charge in [-0.15, -0.1) is 0 Å². The van der Waals surface area contributed by atoms with E-state index in [0.29, 0.717) is 0 Å². The Balaban J connectivity index is 2.24. The number of amides is 2. The first-order valence-corrected chi connectivity index (χ1v) is 8.75. The minimum Gasteiger partial charge on any atom is -0.366 e. The Morgan fingerprint density at radius 2 is 0.964 bits per heavy atom. The van der Waals surface area contributed by atoms with Gasteiger partial charge in [-0.1, -0.05) is 36.4 Å². The topological polar surface area (TPSA) is 92.7 Å². The Hall–Kier alpha value is -3.80. The SMILES string of the molecule is CN(c1ccccc1)c1cc(C(N)=O)c(C(N)=O)cc1N(C)c1ccccc1. The van der Waals surface area contributed by atoms with E-state index in [1.165, 1.54) is 0 Å². The molecule has 0 saturated carbocycles. The number of carbonyl (C=O) groups is 2. The van der Waals surface area contributed by atoms with Crippen LogP contribution in [0.15, 0.2) is 72.8 Å². The fourth-order valence-electron chi connectivity index (χ4n) is 3.10. The summed E-state index contributed by atoms with van der Waals surface area (Å²) >= 11 is 0. The van der Waals surface area contributed by atoms with Gasteiger partial charge in [0.05, 0.1) is 22.5 Å². The lowest BCUT2D eigenvalue weighted by Crippen LogP contribution is -2.24. The molecule has 0 saturated heterocycles. The quantitative estimate of drug-likeness (QED) is 0.691. The van der Waals surface area contributed by atoms with Crippen LogP contribution in [0, 0.1) is 0 Å². The van der Waals surface area contributed by atoms with Crippen molar-refractivity contribution >= 4 is 34.6 Å². The van der Waals surface area contributed by atoms with Crippen molar-refractivity contribution in [3.63, 3.8) is 0 Å². The van der Waals surface area contributed by atoms with Crippen molar-refractivity contribution in [2.75, 3.05) is 23.9 Å². The summed E-state index contributed by atoms with van der Waals surface area (Å²) in [4.78, 5) is 27.8. The molecule has 0 aliphatic carbocycles. The van der Waals surface area contributed by atoms with E-state index in [9.17, 15) is 9.59 Å². The lowest BCUT2D eigenvalue weighted by molar-refractivity contribution is 0.0967. The highest BCUT2D eigenvalue weighted by Crippen LogP contribution is 2.38. The third-order valence-corrected chi connectivity index (χ3v) is 4.66. The minimum absolute atomic E-state index is 0.0930. The van der Waals surface area contributed by atoms with E-state index < -0.39 is 11.8 Å². The van der Waals surface area contributed by atoms with Crippen LogP contribution in [0.3, 0.4) is 0 Å². The molecule has 28 heavy (non-hydrogen) atoms. The molecular formula is C22H22N4O2. The van der Waals surface area contributed by atoms with Crippen LogP contribution in [0.25, 0.3) is 0 Å². The summed E-state index contributed by atoms with van der Waals surface area (Å²) in [6.45, 7) is 0. The number of anilines is 4. The van der Waals surface area contributed by atoms with Gasteiger partial charge in [-0.3, -0.25) is 9.59 Å². The number of carbonyl (C=O) groups excluding carboxylic acids is 2. The predicted octanol–water partition coefficient (Wildman–Crippen LogP) is 3.42. The van der Waals surface area contributed by atoms with Crippen molar-refractivity contribution in [3.05, 3.63) is 83.9 Å². The lowest BCUT2D eigenvalue weighted by Gasteiger charge is -2.29. The molecule has 0 aromatic heterocycles. The first kappa shape index (κ1) is 19.0. The molecule has 3 aromatic carbocycles. The second kappa shape index (κ2) is 7.84. The smallest absolute Gasteiger partial charge is 0.249 e. The first-order valence-electron chi connectivity index (χ1n) is 8.75. The highest BCUT2D eigenvalue weighted by atomic mass is 16.2. The van der Waals surface area contributed by atoms with Crippen LogP contribution in [0.4, 0.5) is 22.7 Å². The van der Waals surface area contributed by atoms with Crippen LogP contribution in [0.5, 0.6) is 0 Å². The molecule has 2 amide bonds. The van der Waals surface area contributed by atoms with E-state index in [2.05, 4.69) is 0 Å². The molecule has 0 unspecified atom stereocenters. The third-order valence-electron chi connectivity index (χ3n) is 4.66. The van der Waals surface area contributed by atoms with E-state index in [4.69, 9.17) is 11.5 Å². The molecule has 0 spiro atoms. The van der Waals surface area contributed by atoms with E-state index in [0.717, 1.165) is 22.7 Å². The summed E-state index contributed by atoms with van der Waals surface area (Å²) < 4.78 is 0. The van der Waals surface area contributed by atoms with Gasteiger partial charge >= 0.3 is 0 Å². The number of nitrogens with two attached hydrogens (primary N) is 2. The molecule has 6 nitrogen and oxygen atoms in total. The molecule has 0 aliphatic rings. The van der Waals surface area contributed by atoms with Gasteiger partial charge in [0.1, 0.15) is 0 Å². The Labute approximate surface area is 164 Å². The van der Waals surface area contributed by atoms with Crippen LogP contribution in [0.1, 0.15) is 20.7 Å². The van der Waals surface area contributed by atoms with Crippen LogP contribution in [-0.4, -0.2) is 25.9 Å². The van der Waals surface area contributed by atoms with E-state index in [1.54, 1.807) is 12.1 Å². The normalized spacial score (nSPS) is 10.4. The maximum absolute atomic E-state index is 12.0.